The summed E-state index contributed by atoms with van der Waals surface area (Å²) in [5, 5.41) is 22.2. The Kier molecular flexibility index (Phi) is 3.35. The second-order valence-electron chi connectivity index (χ2n) is 5.90. The first-order valence-electron chi connectivity index (χ1n) is 6.11. The summed E-state index contributed by atoms with van der Waals surface area (Å²) in [6.45, 7) is 7.98. The Labute approximate surface area is 117 Å². The average Bonchev–Trinajstić information content (AvgIpc) is 2.47. The zero-order chi connectivity index (χ0) is 13.7. The Morgan fingerprint density at radius 1 is 1.17 bits per heavy atom. The van der Waals surface area contributed by atoms with Gasteiger partial charge in [-0.3, -0.25) is 0 Å². The second kappa shape index (κ2) is 4.30. The van der Waals surface area contributed by atoms with Crippen LogP contribution in [0.5, 0.6) is 0 Å². The summed E-state index contributed by atoms with van der Waals surface area (Å²) in [7, 11) is 0. The molecule has 4 heteroatoms. The summed E-state index contributed by atoms with van der Waals surface area (Å²) in [6, 6.07) is 5.94. The maximum atomic E-state index is 10.4. The van der Waals surface area contributed by atoms with Crippen LogP contribution in [-0.2, 0) is 11.1 Å². The third kappa shape index (κ3) is 1.83. The second-order valence-corrected chi connectivity index (χ2v) is 6.55. The quantitative estimate of drug-likeness (QED) is 0.823. The Hall–Kier alpha value is -0.420. The lowest BCUT2D eigenvalue weighted by molar-refractivity contribution is -0.216. The molecule has 1 aromatic carbocycles. The molecule has 1 unspecified atom stereocenters. The van der Waals surface area contributed by atoms with Gasteiger partial charge in [-0.05, 0) is 44.4 Å². The fourth-order valence-corrected chi connectivity index (χ4v) is 3.20. The van der Waals surface area contributed by atoms with Gasteiger partial charge in [0.25, 0.3) is 0 Å². The van der Waals surface area contributed by atoms with E-state index in [9.17, 15) is 10.3 Å². The van der Waals surface area contributed by atoms with Crippen molar-refractivity contribution in [2.75, 3.05) is 5.33 Å². The summed E-state index contributed by atoms with van der Waals surface area (Å²) < 4.78 is 0. The minimum Gasteiger partial charge on any atom is -0.388 e. The Morgan fingerprint density at radius 3 is 2.28 bits per heavy atom. The summed E-state index contributed by atoms with van der Waals surface area (Å²) in [5.74, 6) is 0. The molecule has 0 saturated heterocycles. The van der Waals surface area contributed by atoms with E-state index < -0.39 is 17.2 Å². The van der Waals surface area contributed by atoms with Crippen LogP contribution < -0.4 is 0 Å². The Balaban J connectivity index is 2.58. The molecule has 0 fully saturated rings. The van der Waals surface area contributed by atoms with E-state index in [0.29, 0.717) is 5.33 Å². The van der Waals surface area contributed by atoms with Crippen LogP contribution in [0.1, 0.15) is 50.5 Å². The van der Waals surface area contributed by atoms with Gasteiger partial charge in [0.05, 0.1) is 17.2 Å². The van der Waals surface area contributed by atoms with Crippen molar-refractivity contribution in [1.82, 2.24) is 5.06 Å². The molecule has 0 saturated carbocycles. The highest BCUT2D eigenvalue weighted by Crippen LogP contribution is 2.48. The zero-order valence-electron chi connectivity index (χ0n) is 11.2. The minimum atomic E-state index is -0.512. The molecule has 2 N–H and O–H groups in total. The molecule has 100 valence electrons. The van der Waals surface area contributed by atoms with E-state index in [1.54, 1.807) is 0 Å². The number of nitrogens with zero attached hydrogens (tertiary/aromatic N) is 1. The van der Waals surface area contributed by atoms with Crippen LogP contribution in [0.15, 0.2) is 18.2 Å². The molecule has 1 aromatic rings. The van der Waals surface area contributed by atoms with Crippen LogP contribution in [0.25, 0.3) is 0 Å². The van der Waals surface area contributed by atoms with E-state index in [2.05, 4.69) is 15.9 Å². The van der Waals surface area contributed by atoms with Gasteiger partial charge in [-0.1, -0.05) is 34.1 Å². The van der Waals surface area contributed by atoms with Gasteiger partial charge in [-0.15, -0.1) is 0 Å². The first-order valence-corrected chi connectivity index (χ1v) is 7.23. The lowest BCUT2D eigenvalue weighted by Gasteiger charge is -2.34. The largest absolute Gasteiger partial charge is 0.388 e. The van der Waals surface area contributed by atoms with Crippen LogP contribution in [0.4, 0.5) is 0 Å². The van der Waals surface area contributed by atoms with Crippen molar-refractivity contribution in [3.63, 3.8) is 0 Å². The first kappa shape index (κ1) is 14.0. The molecule has 0 amide bonds. The van der Waals surface area contributed by atoms with Gasteiger partial charge >= 0.3 is 0 Å². The van der Waals surface area contributed by atoms with Crippen LogP contribution in [0.2, 0.25) is 0 Å². The molecule has 0 aliphatic carbocycles. The monoisotopic (exact) mass is 313 g/mol. The van der Waals surface area contributed by atoms with E-state index in [1.807, 2.05) is 45.9 Å². The van der Waals surface area contributed by atoms with Crippen LogP contribution in [0, 0.1) is 0 Å². The highest BCUT2D eigenvalue weighted by atomic mass is 79.9. The maximum absolute atomic E-state index is 10.4. The van der Waals surface area contributed by atoms with Gasteiger partial charge in [0, 0.05) is 5.33 Å². The van der Waals surface area contributed by atoms with Crippen molar-refractivity contribution >= 4 is 15.9 Å². The molecule has 0 aromatic heterocycles. The average molecular weight is 314 g/mol. The smallest absolute Gasteiger partial charge is 0.0886 e. The number of rotatable bonds is 2. The van der Waals surface area contributed by atoms with Crippen molar-refractivity contribution in [2.24, 2.45) is 0 Å². The lowest BCUT2D eigenvalue weighted by atomic mass is 9.88. The number of hydrogen-bond acceptors (Lipinski definition) is 3. The summed E-state index contributed by atoms with van der Waals surface area (Å²) in [6.07, 6.45) is -0.512. The Bertz CT molecular complexity index is 471. The number of aliphatic hydroxyl groups is 1. The highest BCUT2D eigenvalue weighted by Gasteiger charge is 2.48. The normalized spacial score (nSPS) is 22.8. The lowest BCUT2D eigenvalue weighted by Crippen LogP contribution is -2.42. The number of fused-ring (bicyclic) bond motifs is 1. The van der Waals surface area contributed by atoms with Gasteiger partial charge in [-0.25, -0.2) is 0 Å². The van der Waals surface area contributed by atoms with Crippen molar-refractivity contribution in [1.29, 1.82) is 0 Å². The molecule has 18 heavy (non-hydrogen) atoms. The number of alkyl halides is 1. The third-order valence-corrected chi connectivity index (χ3v) is 4.57. The van der Waals surface area contributed by atoms with E-state index in [1.165, 1.54) is 5.06 Å². The molecule has 3 nitrogen and oxygen atoms in total. The fourth-order valence-electron chi connectivity index (χ4n) is 2.82. The highest BCUT2D eigenvalue weighted by molar-refractivity contribution is 9.09. The molecule has 1 aliphatic rings. The van der Waals surface area contributed by atoms with Gasteiger partial charge in [-0.2, -0.15) is 5.06 Å². The number of hydroxylamine groups is 2. The molecule has 0 bridgehead atoms. The van der Waals surface area contributed by atoms with Gasteiger partial charge in [0.15, 0.2) is 0 Å². The van der Waals surface area contributed by atoms with Crippen molar-refractivity contribution in [2.45, 2.75) is 44.9 Å². The molecule has 1 heterocycles. The molecule has 2 rings (SSSR count). The minimum absolute atomic E-state index is 0.406. The molecular formula is C14H20BrNO2. The van der Waals surface area contributed by atoms with Crippen LogP contribution >= 0.6 is 15.9 Å². The van der Waals surface area contributed by atoms with E-state index in [0.717, 1.165) is 16.7 Å². The fraction of sp³-hybridized carbons (Fsp3) is 0.571. The van der Waals surface area contributed by atoms with Crippen LogP contribution in [0.3, 0.4) is 0 Å². The predicted octanol–water partition coefficient (Wildman–Crippen LogP) is 3.29. The molecule has 1 atom stereocenters. The predicted molar refractivity (Wildman–Crippen MR) is 74.9 cm³/mol. The SMILES string of the molecule is CC1(C)c2ccc(C(O)CBr)cc2C(C)(C)N1O. The van der Waals surface area contributed by atoms with Crippen molar-refractivity contribution in [3.05, 3.63) is 34.9 Å². The van der Waals surface area contributed by atoms with Gasteiger partial charge in [0.1, 0.15) is 0 Å². The molecule has 0 radical (unpaired) electrons. The summed E-state index contributed by atoms with van der Waals surface area (Å²) in [4.78, 5) is 0. The van der Waals surface area contributed by atoms with Gasteiger partial charge in [0.2, 0.25) is 0 Å². The molecular weight excluding hydrogens is 294 g/mol. The summed E-state index contributed by atoms with van der Waals surface area (Å²) in [5.41, 5.74) is 2.22. The standard InChI is InChI=1S/C14H20BrNO2/c1-13(2)10-6-5-9(12(17)8-15)7-11(10)14(3,4)16(13)18/h5-7,12,17-18H,8H2,1-4H3. The van der Waals surface area contributed by atoms with Crippen molar-refractivity contribution in [3.8, 4) is 0 Å². The van der Waals surface area contributed by atoms with E-state index in [-0.39, 0.29) is 0 Å². The Morgan fingerprint density at radius 2 is 1.72 bits per heavy atom. The summed E-state index contributed by atoms with van der Waals surface area (Å²) >= 11 is 3.29. The topological polar surface area (TPSA) is 43.7 Å². The van der Waals surface area contributed by atoms with Crippen molar-refractivity contribution < 1.29 is 10.3 Å². The maximum Gasteiger partial charge on any atom is 0.0886 e. The first-order chi connectivity index (χ1) is 8.22. The zero-order valence-corrected chi connectivity index (χ0v) is 12.8. The molecule has 1 aliphatic heterocycles. The van der Waals surface area contributed by atoms with Crippen LogP contribution in [-0.4, -0.2) is 20.7 Å². The molecule has 0 spiro atoms. The van der Waals surface area contributed by atoms with Gasteiger partial charge < -0.3 is 10.3 Å². The van der Waals surface area contributed by atoms with E-state index >= 15 is 0 Å². The number of halogens is 1. The number of aliphatic hydroxyl groups excluding tert-OH is 1. The van der Waals surface area contributed by atoms with E-state index in [4.69, 9.17) is 0 Å². The number of hydrogen-bond donors (Lipinski definition) is 2. The number of benzene rings is 1. The third-order valence-electron chi connectivity index (χ3n) is 3.95.